The van der Waals surface area contributed by atoms with Crippen LogP contribution in [0.5, 0.6) is 0 Å². The Morgan fingerprint density at radius 3 is 2.45 bits per heavy atom. The zero-order chi connectivity index (χ0) is 15.6. The molecule has 2 saturated heterocycles. The summed E-state index contributed by atoms with van der Waals surface area (Å²) >= 11 is 0. The molecule has 2 aliphatic heterocycles. The van der Waals surface area contributed by atoms with Crippen LogP contribution in [0.25, 0.3) is 0 Å². The molecule has 0 spiro atoms. The van der Waals surface area contributed by atoms with Crippen LogP contribution in [-0.4, -0.2) is 53.6 Å². The molecule has 1 aromatic rings. The Hall–Kier alpha value is -1.39. The Kier molecular flexibility index (Phi) is 4.50. The van der Waals surface area contributed by atoms with E-state index in [1.54, 1.807) is 0 Å². The van der Waals surface area contributed by atoms with Gasteiger partial charge in [0.1, 0.15) is 0 Å². The molecule has 0 saturated carbocycles. The second-order valence-electron chi connectivity index (χ2n) is 7.08. The van der Waals surface area contributed by atoms with E-state index in [-0.39, 0.29) is 17.9 Å². The summed E-state index contributed by atoms with van der Waals surface area (Å²) in [6.07, 6.45) is 1.86. The number of likely N-dealkylation sites (tertiary alicyclic amines) is 2. The molecule has 2 heterocycles. The fourth-order valence-electron chi connectivity index (χ4n) is 3.49. The lowest BCUT2D eigenvalue weighted by atomic mass is 9.77. The second-order valence-corrected chi connectivity index (χ2v) is 7.08. The van der Waals surface area contributed by atoms with Crippen LogP contribution in [0.2, 0.25) is 0 Å². The minimum absolute atomic E-state index is 0.200. The van der Waals surface area contributed by atoms with Gasteiger partial charge < -0.3 is 10.0 Å². The van der Waals surface area contributed by atoms with E-state index in [9.17, 15) is 4.79 Å². The van der Waals surface area contributed by atoms with Crippen LogP contribution < -0.4 is 0 Å². The fraction of sp³-hybridized carbons (Fsp3) is 0.611. The van der Waals surface area contributed by atoms with Gasteiger partial charge in [0.2, 0.25) is 5.91 Å². The molecule has 1 N–H and O–H groups in total. The largest absolute Gasteiger partial charge is 0.396 e. The summed E-state index contributed by atoms with van der Waals surface area (Å²) in [5.74, 6) is 0.585. The van der Waals surface area contributed by atoms with Gasteiger partial charge in [0.05, 0.1) is 0 Å². The lowest BCUT2D eigenvalue weighted by Gasteiger charge is -2.46. The highest BCUT2D eigenvalue weighted by Gasteiger charge is 2.42. The Morgan fingerprint density at radius 1 is 1.23 bits per heavy atom. The van der Waals surface area contributed by atoms with Crippen molar-refractivity contribution >= 4 is 5.91 Å². The summed E-state index contributed by atoms with van der Waals surface area (Å²) in [4.78, 5) is 17.0. The minimum Gasteiger partial charge on any atom is -0.396 e. The van der Waals surface area contributed by atoms with E-state index in [0.29, 0.717) is 5.92 Å². The molecule has 1 aromatic carbocycles. The van der Waals surface area contributed by atoms with Crippen LogP contribution in [0, 0.1) is 11.3 Å². The van der Waals surface area contributed by atoms with E-state index in [1.165, 1.54) is 5.56 Å². The van der Waals surface area contributed by atoms with Crippen LogP contribution in [0.3, 0.4) is 0 Å². The van der Waals surface area contributed by atoms with E-state index in [1.807, 2.05) is 11.0 Å². The third-order valence-electron chi connectivity index (χ3n) is 5.23. The van der Waals surface area contributed by atoms with Gasteiger partial charge in [-0.1, -0.05) is 37.3 Å². The van der Waals surface area contributed by atoms with Crippen molar-refractivity contribution in [1.82, 2.24) is 9.80 Å². The number of piperidine rings is 1. The van der Waals surface area contributed by atoms with Crippen LogP contribution in [0.4, 0.5) is 0 Å². The number of carbonyl (C=O) groups is 1. The second kappa shape index (κ2) is 6.39. The molecule has 0 aliphatic carbocycles. The van der Waals surface area contributed by atoms with Gasteiger partial charge in [0, 0.05) is 37.6 Å². The lowest BCUT2D eigenvalue weighted by Crippen LogP contribution is -2.57. The summed E-state index contributed by atoms with van der Waals surface area (Å²) in [5, 5.41) is 9.09. The summed E-state index contributed by atoms with van der Waals surface area (Å²) in [6, 6.07) is 10.5. The molecular formula is C18H26N2O2. The summed E-state index contributed by atoms with van der Waals surface area (Å²) < 4.78 is 0. The number of hydrogen-bond donors (Lipinski definition) is 1. The Labute approximate surface area is 132 Å². The van der Waals surface area contributed by atoms with E-state index >= 15 is 0 Å². The van der Waals surface area contributed by atoms with Crippen molar-refractivity contribution in [3.05, 3.63) is 35.9 Å². The first-order valence-electron chi connectivity index (χ1n) is 8.27. The maximum atomic E-state index is 12.7. The number of aliphatic hydroxyl groups is 1. The molecule has 0 radical (unpaired) electrons. The molecule has 4 heteroatoms. The Bertz CT molecular complexity index is 503. The average molecular weight is 302 g/mol. The SMILES string of the molecule is CC1(C(=O)N2CC(CO)C2)CCN(Cc2ccccc2)CC1. The van der Waals surface area contributed by atoms with Gasteiger partial charge in [0.25, 0.3) is 0 Å². The van der Waals surface area contributed by atoms with Gasteiger partial charge in [0.15, 0.2) is 0 Å². The summed E-state index contributed by atoms with van der Waals surface area (Å²) in [7, 11) is 0. The average Bonchev–Trinajstić information content (AvgIpc) is 2.50. The highest BCUT2D eigenvalue weighted by Crippen LogP contribution is 2.35. The molecule has 4 nitrogen and oxygen atoms in total. The first-order chi connectivity index (χ1) is 10.6. The van der Waals surface area contributed by atoms with Crippen LogP contribution in [-0.2, 0) is 11.3 Å². The molecular weight excluding hydrogens is 276 g/mol. The van der Waals surface area contributed by atoms with Crippen molar-refractivity contribution in [3.63, 3.8) is 0 Å². The first-order valence-corrected chi connectivity index (χ1v) is 8.27. The molecule has 120 valence electrons. The normalized spacial score (nSPS) is 22.4. The quantitative estimate of drug-likeness (QED) is 0.921. The summed E-state index contributed by atoms with van der Waals surface area (Å²) in [6.45, 7) is 6.72. The zero-order valence-corrected chi connectivity index (χ0v) is 13.4. The van der Waals surface area contributed by atoms with Crippen LogP contribution in [0.1, 0.15) is 25.3 Å². The van der Waals surface area contributed by atoms with Gasteiger partial charge in [-0.25, -0.2) is 0 Å². The Morgan fingerprint density at radius 2 is 1.86 bits per heavy atom. The third-order valence-corrected chi connectivity index (χ3v) is 5.23. The maximum Gasteiger partial charge on any atom is 0.228 e. The van der Waals surface area contributed by atoms with E-state index in [2.05, 4.69) is 36.1 Å². The fourth-order valence-corrected chi connectivity index (χ4v) is 3.49. The molecule has 1 amide bonds. The van der Waals surface area contributed by atoms with Gasteiger partial charge in [-0.2, -0.15) is 0 Å². The van der Waals surface area contributed by atoms with Crippen LogP contribution in [0.15, 0.2) is 30.3 Å². The predicted octanol–water partition coefficient (Wildman–Crippen LogP) is 1.74. The number of hydrogen-bond acceptors (Lipinski definition) is 3. The highest BCUT2D eigenvalue weighted by molar-refractivity contribution is 5.83. The van der Waals surface area contributed by atoms with E-state index in [4.69, 9.17) is 5.11 Å². The Balaban J connectivity index is 1.51. The zero-order valence-electron chi connectivity index (χ0n) is 13.4. The first kappa shape index (κ1) is 15.5. The standard InChI is InChI=1S/C18H26N2O2/c1-18(17(22)20-12-16(13-20)14-21)7-9-19(10-8-18)11-15-5-3-2-4-6-15/h2-6,16,21H,7-14H2,1H3. The summed E-state index contributed by atoms with van der Waals surface area (Å²) in [5.41, 5.74) is 1.12. The van der Waals surface area contributed by atoms with Crippen LogP contribution >= 0.6 is 0 Å². The van der Waals surface area contributed by atoms with Crippen molar-refractivity contribution in [3.8, 4) is 0 Å². The molecule has 0 unspecified atom stereocenters. The van der Waals surface area contributed by atoms with Gasteiger partial charge in [-0.15, -0.1) is 0 Å². The van der Waals surface area contributed by atoms with Gasteiger partial charge >= 0.3 is 0 Å². The predicted molar refractivity (Wildman–Crippen MR) is 86.2 cm³/mol. The number of carbonyl (C=O) groups excluding carboxylic acids is 1. The molecule has 0 aromatic heterocycles. The van der Waals surface area contributed by atoms with Gasteiger partial charge in [-0.3, -0.25) is 9.69 Å². The monoisotopic (exact) mass is 302 g/mol. The third kappa shape index (κ3) is 3.18. The lowest BCUT2D eigenvalue weighted by molar-refractivity contribution is -0.151. The number of amides is 1. The highest BCUT2D eigenvalue weighted by atomic mass is 16.3. The van der Waals surface area contributed by atoms with Crippen molar-refractivity contribution < 1.29 is 9.90 Å². The molecule has 0 atom stereocenters. The van der Waals surface area contributed by atoms with Crippen molar-refractivity contribution in [1.29, 1.82) is 0 Å². The number of aliphatic hydroxyl groups excluding tert-OH is 1. The van der Waals surface area contributed by atoms with Gasteiger partial charge in [-0.05, 0) is 31.5 Å². The number of nitrogens with zero attached hydrogens (tertiary/aromatic N) is 2. The van der Waals surface area contributed by atoms with Crippen molar-refractivity contribution in [2.75, 3.05) is 32.8 Å². The molecule has 3 rings (SSSR count). The molecule has 0 bridgehead atoms. The van der Waals surface area contributed by atoms with E-state index in [0.717, 1.165) is 45.6 Å². The van der Waals surface area contributed by atoms with Crippen molar-refractivity contribution in [2.24, 2.45) is 11.3 Å². The van der Waals surface area contributed by atoms with Crippen molar-refractivity contribution in [2.45, 2.75) is 26.3 Å². The smallest absolute Gasteiger partial charge is 0.228 e. The molecule has 22 heavy (non-hydrogen) atoms. The maximum absolute atomic E-state index is 12.7. The topological polar surface area (TPSA) is 43.8 Å². The molecule has 2 aliphatic rings. The minimum atomic E-state index is -0.215. The van der Waals surface area contributed by atoms with E-state index < -0.39 is 0 Å². The number of benzene rings is 1. The number of rotatable bonds is 4. The molecule has 2 fully saturated rings.